The zero-order valence-corrected chi connectivity index (χ0v) is 23.4. The number of Topliss-reactive ketones (excluding diaryl/α,β-unsaturated/α-hetero) is 1. The summed E-state index contributed by atoms with van der Waals surface area (Å²) in [5.41, 5.74) is -0.763. The van der Waals surface area contributed by atoms with Crippen molar-refractivity contribution in [1.82, 2.24) is 0 Å². The normalized spacial score (nSPS) is 47.0. The van der Waals surface area contributed by atoms with Crippen LogP contribution in [0.4, 0.5) is 0 Å². The first-order valence-corrected chi connectivity index (χ1v) is 14.4. The molecule has 5 aliphatic rings. The van der Waals surface area contributed by atoms with Gasteiger partial charge in [0.1, 0.15) is 24.6 Å². The van der Waals surface area contributed by atoms with Crippen molar-refractivity contribution in [3.8, 4) is 0 Å². The number of nitrogens with zero attached hydrogens (tertiary/aromatic N) is 1. The van der Waals surface area contributed by atoms with Gasteiger partial charge in [-0.25, -0.2) is 4.99 Å². The van der Waals surface area contributed by atoms with Crippen LogP contribution in [0.3, 0.4) is 0 Å². The molecule has 37 heavy (non-hydrogen) atoms. The molecule has 7 nitrogen and oxygen atoms in total. The molecule has 1 unspecified atom stereocenters. The van der Waals surface area contributed by atoms with E-state index in [1.54, 1.807) is 0 Å². The highest BCUT2D eigenvalue weighted by atomic mass is 16.5. The van der Waals surface area contributed by atoms with Gasteiger partial charge >= 0.3 is 0 Å². The largest absolute Gasteiger partial charge is 0.478 e. The molecule has 1 heterocycles. The maximum absolute atomic E-state index is 14.0. The van der Waals surface area contributed by atoms with E-state index in [1.807, 2.05) is 0 Å². The Morgan fingerprint density at radius 2 is 1.76 bits per heavy atom. The molecule has 5 rings (SSSR count). The summed E-state index contributed by atoms with van der Waals surface area (Å²) in [6.45, 7) is 15.0. The highest BCUT2D eigenvalue weighted by Gasteiger charge is 2.69. The fourth-order valence-corrected chi connectivity index (χ4v) is 9.81. The van der Waals surface area contributed by atoms with Gasteiger partial charge in [-0.2, -0.15) is 0 Å². The Labute approximate surface area is 221 Å². The summed E-state index contributed by atoms with van der Waals surface area (Å²) in [6.07, 6.45) is 5.21. The Hall–Kier alpha value is -1.92. The van der Waals surface area contributed by atoms with Crippen molar-refractivity contribution in [2.75, 3.05) is 6.61 Å². The van der Waals surface area contributed by atoms with Crippen molar-refractivity contribution >= 4 is 24.6 Å². The predicted octanol–water partition coefficient (Wildman–Crippen LogP) is 5.00. The van der Waals surface area contributed by atoms with Crippen LogP contribution in [0.15, 0.2) is 4.99 Å². The average Bonchev–Trinajstić information content (AvgIpc) is 3.39. The van der Waals surface area contributed by atoms with Gasteiger partial charge in [0, 0.05) is 23.7 Å². The van der Waals surface area contributed by atoms with Crippen molar-refractivity contribution in [3.63, 3.8) is 0 Å². The van der Waals surface area contributed by atoms with Crippen LogP contribution in [0, 0.1) is 52.3 Å². The van der Waals surface area contributed by atoms with E-state index >= 15 is 0 Å². The third-order valence-electron chi connectivity index (χ3n) is 11.8. The van der Waals surface area contributed by atoms with Crippen molar-refractivity contribution in [3.05, 3.63) is 0 Å². The molecule has 7 heteroatoms. The molecular weight excluding hydrogens is 470 g/mol. The summed E-state index contributed by atoms with van der Waals surface area (Å²) in [7, 11) is 0. The van der Waals surface area contributed by atoms with Crippen LogP contribution in [-0.2, 0) is 28.6 Å². The van der Waals surface area contributed by atoms with Crippen LogP contribution in [0.1, 0.15) is 86.5 Å². The molecule has 0 radical (unpaired) electrons. The van der Waals surface area contributed by atoms with E-state index in [2.05, 4.69) is 41.5 Å². The highest BCUT2D eigenvalue weighted by Crippen LogP contribution is 2.69. The van der Waals surface area contributed by atoms with Gasteiger partial charge in [-0.05, 0) is 81.0 Å². The van der Waals surface area contributed by atoms with Crippen LogP contribution in [0.2, 0.25) is 0 Å². The lowest BCUT2D eigenvalue weighted by Gasteiger charge is -2.63. The molecule has 0 aromatic carbocycles. The van der Waals surface area contributed by atoms with Crippen molar-refractivity contribution in [2.45, 2.75) is 104 Å². The van der Waals surface area contributed by atoms with Crippen LogP contribution in [0.5, 0.6) is 0 Å². The molecule has 0 aromatic rings. The van der Waals surface area contributed by atoms with Crippen molar-refractivity contribution < 1.29 is 28.6 Å². The van der Waals surface area contributed by atoms with Gasteiger partial charge in [-0.15, -0.1) is 0 Å². The fourth-order valence-electron chi connectivity index (χ4n) is 9.81. The third kappa shape index (κ3) is 3.96. The van der Waals surface area contributed by atoms with Gasteiger partial charge in [-0.3, -0.25) is 14.4 Å². The number of carbonyl (C=O) groups is 3. The Kier molecular flexibility index (Phi) is 6.76. The lowest BCUT2D eigenvalue weighted by molar-refractivity contribution is -0.197. The molecule has 4 saturated carbocycles. The second-order valence-electron chi connectivity index (χ2n) is 13.8. The summed E-state index contributed by atoms with van der Waals surface area (Å²) < 4.78 is 17.7. The number of aliphatic imine (C=N–C) groups is 1. The molecule has 4 fully saturated rings. The SMILES string of the molecule is CC[C@@H](C)[C@H]1CC[C@H]2[C@@H]3C(=O)C[C@@H]4C[C@H](OC=O)CC(C5=NC(C)(C)CO5)[C@]4(C)[C@H]3C[C@H](OC=O)[C@]12C. The van der Waals surface area contributed by atoms with Gasteiger partial charge < -0.3 is 14.2 Å². The average molecular weight is 516 g/mol. The van der Waals surface area contributed by atoms with Gasteiger partial charge in [0.25, 0.3) is 12.9 Å². The Morgan fingerprint density at radius 3 is 2.38 bits per heavy atom. The summed E-state index contributed by atoms with van der Waals surface area (Å²) in [5, 5.41) is 0. The first kappa shape index (κ1) is 26.7. The van der Waals surface area contributed by atoms with Gasteiger partial charge in [0.15, 0.2) is 5.90 Å². The molecule has 11 atom stereocenters. The van der Waals surface area contributed by atoms with Crippen LogP contribution in [0.25, 0.3) is 0 Å². The number of fused-ring (bicyclic) bond motifs is 5. The van der Waals surface area contributed by atoms with E-state index < -0.39 is 0 Å². The number of ether oxygens (including phenoxy) is 3. The maximum Gasteiger partial charge on any atom is 0.293 e. The van der Waals surface area contributed by atoms with E-state index in [4.69, 9.17) is 19.2 Å². The first-order chi connectivity index (χ1) is 17.5. The van der Waals surface area contributed by atoms with E-state index in [-0.39, 0.29) is 58.2 Å². The second-order valence-corrected chi connectivity index (χ2v) is 13.8. The minimum atomic E-state index is -0.299. The van der Waals surface area contributed by atoms with Gasteiger partial charge in [0.2, 0.25) is 0 Å². The predicted molar refractivity (Wildman–Crippen MR) is 139 cm³/mol. The Morgan fingerprint density at radius 1 is 1.03 bits per heavy atom. The summed E-state index contributed by atoms with van der Waals surface area (Å²) >= 11 is 0. The molecule has 0 N–H and O–H groups in total. The Bertz CT molecular complexity index is 962. The Balaban J connectivity index is 1.59. The number of hydrogen-bond donors (Lipinski definition) is 0. The number of carbonyl (C=O) groups excluding carboxylic acids is 3. The number of rotatable bonds is 7. The highest BCUT2D eigenvalue weighted by molar-refractivity contribution is 5.86. The van der Waals surface area contributed by atoms with E-state index in [1.165, 1.54) is 0 Å². The lowest BCUT2D eigenvalue weighted by Crippen LogP contribution is -2.64. The minimum absolute atomic E-state index is 0.0483. The van der Waals surface area contributed by atoms with E-state index in [0.29, 0.717) is 62.9 Å². The standard InChI is InChI=1S/C30H45NO6/c1-7-17(2)20-8-9-21-26-22(13-25(37-16-33)30(20,21)6)29(5)18(11-24(26)34)10-19(36-15-32)12-23(29)27-31-28(3,4)14-35-27/h15-23,25-26H,7-14H2,1-6H3/t17-,18+,19+,20-,21+,22+,23?,25+,26+,29+,30-/m1/s1. The molecule has 0 bridgehead atoms. The second kappa shape index (κ2) is 9.37. The fraction of sp³-hybridized carbons (Fsp3) is 0.867. The van der Waals surface area contributed by atoms with Gasteiger partial charge in [-0.1, -0.05) is 34.1 Å². The smallest absolute Gasteiger partial charge is 0.293 e. The molecule has 4 aliphatic carbocycles. The minimum Gasteiger partial charge on any atom is -0.478 e. The zero-order valence-electron chi connectivity index (χ0n) is 23.4. The number of hydrogen-bond acceptors (Lipinski definition) is 7. The third-order valence-corrected chi connectivity index (χ3v) is 11.8. The summed E-state index contributed by atoms with van der Waals surface area (Å²) in [5.74, 6) is 2.27. The van der Waals surface area contributed by atoms with Crippen LogP contribution >= 0.6 is 0 Å². The maximum atomic E-state index is 14.0. The summed E-state index contributed by atoms with van der Waals surface area (Å²) in [4.78, 5) is 42.2. The molecule has 1 aliphatic heterocycles. The molecular formula is C30H45NO6. The zero-order chi connectivity index (χ0) is 26.8. The van der Waals surface area contributed by atoms with Crippen molar-refractivity contribution in [2.24, 2.45) is 57.2 Å². The molecule has 0 aromatic heterocycles. The monoisotopic (exact) mass is 515 g/mol. The topological polar surface area (TPSA) is 91.3 Å². The van der Waals surface area contributed by atoms with E-state index in [9.17, 15) is 14.4 Å². The van der Waals surface area contributed by atoms with Crippen LogP contribution in [-0.4, -0.2) is 49.0 Å². The summed E-state index contributed by atoms with van der Waals surface area (Å²) in [6, 6.07) is 0. The number of ketones is 1. The van der Waals surface area contributed by atoms with Gasteiger partial charge in [0.05, 0.1) is 5.54 Å². The lowest BCUT2D eigenvalue weighted by atomic mass is 9.41. The van der Waals surface area contributed by atoms with Crippen molar-refractivity contribution in [1.29, 1.82) is 0 Å². The molecule has 206 valence electrons. The molecule has 0 spiro atoms. The molecule has 0 saturated heterocycles. The molecule has 0 amide bonds. The first-order valence-electron chi connectivity index (χ1n) is 14.4. The van der Waals surface area contributed by atoms with E-state index in [0.717, 1.165) is 25.2 Å². The quantitative estimate of drug-likeness (QED) is 0.443. The van der Waals surface area contributed by atoms with Crippen LogP contribution < -0.4 is 0 Å².